The highest BCUT2D eigenvalue weighted by atomic mass is 16.5. The first-order valence-electron chi connectivity index (χ1n) is 9.18. The van der Waals surface area contributed by atoms with E-state index in [1.54, 1.807) is 30.3 Å². The minimum atomic E-state index is -0.604. The quantitative estimate of drug-likeness (QED) is 0.362. The van der Waals surface area contributed by atoms with Gasteiger partial charge in [0.1, 0.15) is 0 Å². The molecular weight excluding hydrogens is 364 g/mol. The zero-order valence-corrected chi connectivity index (χ0v) is 15.6. The average Bonchev–Trinajstić information content (AvgIpc) is 3.25. The number of carbonyl (C=O) groups excluding carboxylic acids is 2. The zero-order valence-electron chi connectivity index (χ0n) is 15.6. The molecule has 0 saturated carbocycles. The highest BCUT2D eigenvalue weighted by Crippen LogP contribution is 2.22. The summed E-state index contributed by atoms with van der Waals surface area (Å²) in [6.07, 6.45) is 0. The Balaban J connectivity index is 1.62. The summed E-state index contributed by atoms with van der Waals surface area (Å²) in [6.45, 7) is -0.330. The number of esters is 1. The minimum absolute atomic E-state index is 0.256. The van der Waals surface area contributed by atoms with Crippen molar-refractivity contribution in [3.05, 3.63) is 108 Å². The molecule has 0 atom stereocenters. The van der Waals surface area contributed by atoms with E-state index in [9.17, 15) is 9.59 Å². The van der Waals surface area contributed by atoms with Crippen molar-refractivity contribution in [3.63, 3.8) is 0 Å². The summed E-state index contributed by atoms with van der Waals surface area (Å²) in [7, 11) is 0. The Morgan fingerprint density at radius 1 is 0.793 bits per heavy atom. The Morgan fingerprint density at radius 2 is 1.38 bits per heavy atom. The third-order valence-corrected chi connectivity index (χ3v) is 4.42. The standard InChI is InChI=1S/C24H18N2O3/c27-23(19-12-6-2-7-13-19)17-29-24(28)22-16-21(18-10-4-1-5-11-18)25-26(22)20-14-8-3-9-15-20/h1-16H,17H2. The zero-order chi connectivity index (χ0) is 20.1. The SMILES string of the molecule is O=C(COC(=O)c1cc(-c2ccccc2)nn1-c1ccccc1)c1ccccc1. The van der Waals surface area contributed by atoms with E-state index in [0.29, 0.717) is 11.3 Å². The minimum Gasteiger partial charge on any atom is -0.453 e. The van der Waals surface area contributed by atoms with Gasteiger partial charge in [0.05, 0.1) is 11.4 Å². The van der Waals surface area contributed by atoms with E-state index in [-0.39, 0.29) is 18.1 Å². The lowest BCUT2D eigenvalue weighted by molar-refractivity contribution is 0.0465. The van der Waals surface area contributed by atoms with Crippen molar-refractivity contribution in [3.8, 4) is 16.9 Å². The molecule has 0 fully saturated rings. The summed E-state index contributed by atoms with van der Waals surface area (Å²) in [5.74, 6) is -0.860. The molecule has 29 heavy (non-hydrogen) atoms. The summed E-state index contributed by atoms with van der Waals surface area (Å²) in [4.78, 5) is 25.0. The van der Waals surface area contributed by atoms with E-state index in [0.717, 1.165) is 11.3 Å². The number of rotatable bonds is 6. The second kappa shape index (κ2) is 8.35. The number of para-hydroxylation sites is 1. The molecule has 0 spiro atoms. The normalized spacial score (nSPS) is 10.5. The van der Waals surface area contributed by atoms with Gasteiger partial charge in [-0.15, -0.1) is 0 Å². The van der Waals surface area contributed by atoms with Crippen molar-refractivity contribution in [1.82, 2.24) is 9.78 Å². The number of carbonyl (C=O) groups is 2. The van der Waals surface area contributed by atoms with Crippen LogP contribution in [0.15, 0.2) is 97.1 Å². The predicted octanol–water partition coefficient (Wildman–Crippen LogP) is 4.58. The van der Waals surface area contributed by atoms with E-state index in [1.165, 1.54) is 4.68 Å². The Kier molecular flexibility index (Phi) is 5.29. The molecule has 0 N–H and O–H groups in total. The number of aromatic nitrogens is 2. The predicted molar refractivity (Wildman–Crippen MR) is 110 cm³/mol. The molecule has 0 aliphatic rings. The molecular formula is C24H18N2O3. The van der Waals surface area contributed by atoms with Crippen molar-refractivity contribution in [1.29, 1.82) is 0 Å². The van der Waals surface area contributed by atoms with Crippen LogP contribution >= 0.6 is 0 Å². The van der Waals surface area contributed by atoms with Gasteiger partial charge in [0.25, 0.3) is 0 Å². The average molecular weight is 382 g/mol. The second-order valence-electron chi connectivity index (χ2n) is 6.39. The molecule has 1 heterocycles. The molecule has 4 rings (SSSR count). The maximum Gasteiger partial charge on any atom is 0.357 e. The lowest BCUT2D eigenvalue weighted by Gasteiger charge is -2.07. The highest BCUT2D eigenvalue weighted by molar-refractivity contribution is 5.99. The van der Waals surface area contributed by atoms with Crippen molar-refractivity contribution in [2.45, 2.75) is 0 Å². The maximum absolute atomic E-state index is 12.8. The molecule has 1 aromatic heterocycles. The number of ketones is 1. The van der Waals surface area contributed by atoms with E-state index >= 15 is 0 Å². The molecule has 5 heteroatoms. The van der Waals surface area contributed by atoms with Gasteiger partial charge >= 0.3 is 5.97 Å². The van der Waals surface area contributed by atoms with E-state index in [4.69, 9.17) is 4.74 Å². The molecule has 0 radical (unpaired) electrons. The number of Topliss-reactive ketones (excluding diaryl/α,β-unsaturated/α-hetero) is 1. The van der Waals surface area contributed by atoms with Gasteiger partial charge in [-0.25, -0.2) is 9.48 Å². The second-order valence-corrected chi connectivity index (χ2v) is 6.39. The summed E-state index contributed by atoms with van der Waals surface area (Å²) in [6, 6.07) is 29.3. The van der Waals surface area contributed by atoms with Gasteiger partial charge in [-0.2, -0.15) is 5.10 Å². The Hall–Kier alpha value is -3.99. The van der Waals surface area contributed by atoms with Gasteiger partial charge in [-0.1, -0.05) is 78.9 Å². The molecule has 0 unspecified atom stereocenters. The number of nitrogens with zero attached hydrogens (tertiary/aromatic N) is 2. The Morgan fingerprint density at radius 3 is 2.03 bits per heavy atom. The van der Waals surface area contributed by atoms with Crippen LogP contribution in [0.4, 0.5) is 0 Å². The van der Waals surface area contributed by atoms with Crippen LogP contribution < -0.4 is 0 Å². The van der Waals surface area contributed by atoms with Crippen molar-refractivity contribution < 1.29 is 14.3 Å². The van der Waals surface area contributed by atoms with Gasteiger partial charge < -0.3 is 4.74 Å². The summed E-state index contributed by atoms with van der Waals surface area (Å²) >= 11 is 0. The number of benzene rings is 3. The molecule has 4 aromatic rings. The van der Waals surface area contributed by atoms with Crippen molar-refractivity contribution in [2.75, 3.05) is 6.61 Å². The van der Waals surface area contributed by atoms with Crippen LogP contribution in [-0.2, 0) is 4.74 Å². The molecule has 0 saturated heterocycles. The Labute approximate surface area is 168 Å². The molecule has 142 valence electrons. The van der Waals surface area contributed by atoms with Crippen LogP contribution in [0, 0.1) is 0 Å². The van der Waals surface area contributed by atoms with Crippen LogP contribution in [0.3, 0.4) is 0 Å². The van der Waals surface area contributed by atoms with Gasteiger partial charge in [0, 0.05) is 11.1 Å². The smallest absolute Gasteiger partial charge is 0.357 e. The first-order chi connectivity index (χ1) is 14.2. The third-order valence-electron chi connectivity index (χ3n) is 4.42. The number of ether oxygens (including phenoxy) is 1. The van der Waals surface area contributed by atoms with Gasteiger partial charge in [-0.3, -0.25) is 4.79 Å². The van der Waals surface area contributed by atoms with E-state index in [1.807, 2.05) is 66.7 Å². The first kappa shape index (κ1) is 18.4. The van der Waals surface area contributed by atoms with Crippen LogP contribution in [0.2, 0.25) is 0 Å². The molecule has 0 aliphatic heterocycles. The van der Waals surface area contributed by atoms with Crippen LogP contribution in [0.25, 0.3) is 16.9 Å². The largest absolute Gasteiger partial charge is 0.453 e. The third kappa shape index (κ3) is 4.14. The van der Waals surface area contributed by atoms with Gasteiger partial charge in [0.15, 0.2) is 18.1 Å². The van der Waals surface area contributed by atoms with Crippen LogP contribution in [0.1, 0.15) is 20.8 Å². The maximum atomic E-state index is 12.8. The van der Waals surface area contributed by atoms with E-state index in [2.05, 4.69) is 5.10 Å². The number of hydrogen-bond acceptors (Lipinski definition) is 4. The molecule has 0 bridgehead atoms. The van der Waals surface area contributed by atoms with Crippen molar-refractivity contribution >= 4 is 11.8 Å². The summed E-state index contributed by atoms with van der Waals surface area (Å²) < 4.78 is 6.85. The molecule has 3 aromatic carbocycles. The van der Waals surface area contributed by atoms with Gasteiger partial charge in [-0.05, 0) is 18.2 Å². The summed E-state index contributed by atoms with van der Waals surface area (Å²) in [5, 5.41) is 4.59. The van der Waals surface area contributed by atoms with Gasteiger partial charge in [0.2, 0.25) is 0 Å². The molecule has 5 nitrogen and oxygen atoms in total. The Bertz CT molecular complexity index is 1120. The van der Waals surface area contributed by atoms with Crippen LogP contribution in [-0.4, -0.2) is 28.1 Å². The summed E-state index contributed by atoms with van der Waals surface area (Å²) in [5.41, 5.74) is 3.03. The molecule has 0 amide bonds. The lowest BCUT2D eigenvalue weighted by Crippen LogP contribution is -2.17. The topological polar surface area (TPSA) is 61.2 Å². The fraction of sp³-hybridized carbons (Fsp3) is 0.0417. The van der Waals surface area contributed by atoms with Crippen molar-refractivity contribution in [2.24, 2.45) is 0 Å². The lowest BCUT2D eigenvalue weighted by atomic mass is 10.1. The molecule has 0 aliphatic carbocycles. The van der Waals surface area contributed by atoms with E-state index < -0.39 is 5.97 Å². The van der Waals surface area contributed by atoms with Crippen LogP contribution in [0.5, 0.6) is 0 Å². The fourth-order valence-corrected chi connectivity index (χ4v) is 2.95. The first-order valence-corrected chi connectivity index (χ1v) is 9.18. The highest BCUT2D eigenvalue weighted by Gasteiger charge is 2.20. The number of hydrogen-bond donors (Lipinski definition) is 0. The fourth-order valence-electron chi connectivity index (χ4n) is 2.95. The monoisotopic (exact) mass is 382 g/mol.